The summed E-state index contributed by atoms with van der Waals surface area (Å²) >= 11 is 0. The fraction of sp³-hybridized carbons (Fsp3) is 0.900. The third kappa shape index (κ3) is 2.73. The minimum atomic E-state index is -4.68. The Labute approximate surface area is 109 Å². The van der Waals surface area contributed by atoms with Crippen LogP contribution < -0.4 is 5.32 Å². The molecule has 2 heterocycles. The number of rotatable bonds is 1. The summed E-state index contributed by atoms with van der Waals surface area (Å²) in [5, 5.41) is 12.4. The van der Waals surface area contributed by atoms with Crippen molar-refractivity contribution >= 4 is 18.3 Å². The third-order valence-electron chi connectivity index (χ3n) is 3.45. The van der Waals surface area contributed by atoms with E-state index in [0.717, 1.165) is 11.3 Å². The zero-order chi connectivity index (χ0) is 12.7. The number of aliphatic hydroxyl groups is 1. The van der Waals surface area contributed by atoms with E-state index >= 15 is 0 Å². The number of halogens is 4. The van der Waals surface area contributed by atoms with Crippen molar-refractivity contribution in [1.82, 2.24) is 10.2 Å². The first-order valence-electron chi connectivity index (χ1n) is 5.65. The second kappa shape index (κ2) is 5.22. The Hall–Kier alpha value is -0.530. The second-order valence-electron chi connectivity index (χ2n) is 4.69. The van der Waals surface area contributed by atoms with Crippen LogP contribution in [0.2, 0.25) is 0 Å². The lowest BCUT2D eigenvalue weighted by atomic mass is 10.0. The fourth-order valence-corrected chi connectivity index (χ4v) is 2.33. The summed E-state index contributed by atoms with van der Waals surface area (Å²) in [6.07, 6.45) is -3.60. The Morgan fingerprint density at radius 3 is 2.56 bits per heavy atom. The molecule has 2 aliphatic rings. The average molecular weight is 289 g/mol. The quantitative estimate of drug-likeness (QED) is 0.746. The van der Waals surface area contributed by atoms with Crippen LogP contribution in [0.3, 0.4) is 0 Å². The molecule has 0 aromatic rings. The number of amides is 1. The Kier molecular flexibility index (Phi) is 4.51. The molecule has 0 saturated carbocycles. The molecule has 2 saturated heterocycles. The number of carbonyl (C=O) groups excluding carboxylic acids is 1. The van der Waals surface area contributed by atoms with E-state index in [1.165, 1.54) is 0 Å². The highest BCUT2D eigenvalue weighted by Gasteiger charge is 2.58. The van der Waals surface area contributed by atoms with E-state index in [9.17, 15) is 23.1 Å². The van der Waals surface area contributed by atoms with Gasteiger partial charge in [-0.15, -0.1) is 12.4 Å². The molecule has 4 nitrogen and oxygen atoms in total. The topological polar surface area (TPSA) is 52.6 Å². The van der Waals surface area contributed by atoms with Crippen LogP contribution in [-0.4, -0.2) is 53.4 Å². The van der Waals surface area contributed by atoms with E-state index in [1.54, 1.807) is 0 Å². The van der Waals surface area contributed by atoms with Gasteiger partial charge in [0.2, 0.25) is 5.91 Å². The van der Waals surface area contributed by atoms with Gasteiger partial charge in [0.1, 0.15) is 0 Å². The number of hydrogen-bond acceptors (Lipinski definition) is 3. The van der Waals surface area contributed by atoms with E-state index in [0.29, 0.717) is 13.0 Å². The lowest BCUT2D eigenvalue weighted by Crippen LogP contribution is -2.50. The summed E-state index contributed by atoms with van der Waals surface area (Å²) in [4.78, 5) is 13.0. The number of carbonyl (C=O) groups is 1. The minimum Gasteiger partial charge on any atom is -0.379 e. The maximum absolute atomic E-state index is 12.6. The standard InChI is InChI=1S/C10H15F3N2O2.ClH/c11-10(12,13)9(17)3-5-15(6-9)8(16)7-2-1-4-14-7;/h7,14,17H,1-6H2;1H/t7-,9?;/m0./s1. The first-order chi connectivity index (χ1) is 7.83. The van der Waals surface area contributed by atoms with Gasteiger partial charge >= 0.3 is 6.18 Å². The summed E-state index contributed by atoms with van der Waals surface area (Å²) in [6, 6.07) is -0.384. The molecular formula is C10H16ClF3N2O2. The molecule has 106 valence electrons. The summed E-state index contributed by atoms with van der Waals surface area (Å²) in [7, 11) is 0. The molecule has 0 spiro atoms. The van der Waals surface area contributed by atoms with E-state index in [-0.39, 0.29) is 30.9 Å². The van der Waals surface area contributed by atoms with Crippen molar-refractivity contribution in [2.75, 3.05) is 19.6 Å². The molecule has 2 rings (SSSR count). The monoisotopic (exact) mass is 288 g/mol. The van der Waals surface area contributed by atoms with E-state index in [1.807, 2.05) is 0 Å². The fourth-order valence-electron chi connectivity index (χ4n) is 2.33. The maximum Gasteiger partial charge on any atom is 0.419 e. The highest BCUT2D eigenvalue weighted by Crippen LogP contribution is 2.37. The molecule has 0 aromatic carbocycles. The van der Waals surface area contributed by atoms with E-state index < -0.39 is 24.7 Å². The molecular weight excluding hydrogens is 273 g/mol. The number of nitrogens with one attached hydrogen (secondary N) is 1. The van der Waals surface area contributed by atoms with Crippen LogP contribution >= 0.6 is 12.4 Å². The summed E-state index contributed by atoms with van der Waals surface area (Å²) < 4.78 is 37.7. The van der Waals surface area contributed by atoms with Crippen molar-refractivity contribution in [2.45, 2.75) is 37.1 Å². The predicted octanol–water partition coefficient (Wildman–Crippen LogP) is 0.686. The molecule has 2 N–H and O–H groups in total. The normalized spacial score (nSPS) is 32.4. The van der Waals surface area contributed by atoms with Gasteiger partial charge in [-0.1, -0.05) is 0 Å². The van der Waals surface area contributed by atoms with Crippen LogP contribution in [0.1, 0.15) is 19.3 Å². The predicted molar refractivity (Wildman–Crippen MR) is 60.5 cm³/mol. The Balaban J connectivity index is 0.00000162. The first-order valence-corrected chi connectivity index (χ1v) is 5.65. The van der Waals surface area contributed by atoms with Crippen LogP contribution in [0.25, 0.3) is 0 Å². The Morgan fingerprint density at radius 1 is 1.44 bits per heavy atom. The van der Waals surface area contributed by atoms with Gasteiger partial charge in [-0.3, -0.25) is 4.79 Å². The summed E-state index contributed by atoms with van der Waals surface area (Å²) in [6.45, 7) is 0.0360. The first kappa shape index (κ1) is 15.5. The summed E-state index contributed by atoms with van der Waals surface area (Å²) in [5.41, 5.74) is -2.73. The van der Waals surface area contributed by atoms with Crippen molar-refractivity contribution in [3.05, 3.63) is 0 Å². The van der Waals surface area contributed by atoms with Crippen LogP contribution in [0, 0.1) is 0 Å². The van der Waals surface area contributed by atoms with Crippen LogP contribution in [-0.2, 0) is 4.79 Å². The molecule has 2 atom stereocenters. The van der Waals surface area contributed by atoms with Crippen molar-refractivity contribution in [3.8, 4) is 0 Å². The third-order valence-corrected chi connectivity index (χ3v) is 3.45. The van der Waals surface area contributed by atoms with Crippen molar-refractivity contribution in [1.29, 1.82) is 0 Å². The second-order valence-corrected chi connectivity index (χ2v) is 4.69. The van der Waals surface area contributed by atoms with Gasteiger partial charge in [-0.25, -0.2) is 0 Å². The van der Waals surface area contributed by atoms with Crippen molar-refractivity contribution in [3.63, 3.8) is 0 Å². The van der Waals surface area contributed by atoms with Crippen molar-refractivity contribution in [2.24, 2.45) is 0 Å². The van der Waals surface area contributed by atoms with Gasteiger partial charge in [0.05, 0.1) is 12.6 Å². The molecule has 0 radical (unpaired) electrons. The molecule has 1 amide bonds. The van der Waals surface area contributed by atoms with Gasteiger partial charge in [0, 0.05) is 13.0 Å². The van der Waals surface area contributed by atoms with Crippen LogP contribution in [0.4, 0.5) is 13.2 Å². The number of nitrogens with zero attached hydrogens (tertiary/aromatic N) is 1. The number of alkyl halides is 3. The lowest BCUT2D eigenvalue weighted by Gasteiger charge is -2.26. The molecule has 2 fully saturated rings. The van der Waals surface area contributed by atoms with Gasteiger partial charge < -0.3 is 15.3 Å². The lowest BCUT2D eigenvalue weighted by molar-refractivity contribution is -0.253. The molecule has 18 heavy (non-hydrogen) atoms. The molecule has 1 unspecified atom stereocenters. The number of hydrogen-bond donors (Lipinski definition) is 2. The zero-order valence-corrected chi connectivity index (χ0v) is 10.5. The van der Waals surface area contributed by atoms with Crippen LogP contribution in [0.5, 0.6) is 0 Å². The maximum atomic E-state index is 12.6. The van der Waals surface area contributed by atoms with Gasteiger partial charge in [0.25, 0.3) is 0 Å². The molecule has 8 heteroatoms. The molecule has 0 aromatic heterocycles. The smallest absolute Gasteiger partial charge is 0.379 e. The SMILES string of the molecule is Cl.O=C([C@@H]1CCCN1)N1CCC(O)(C(F)(F)F)C1. The van der Waals surface area contributed by atoms with E-state index in [4.69, 9.17) is 0 Å². The number of likely N-dealkylation sites (tertiary alicyclic amines) is 1. The summed E-state index contributed by atoms with van der Waals surface area (Å²) in [5.74, 6) is -0.331. The van der Waals surface area contributed by atoms with Crippen LogP contribution in [0.15, 0.2) is 0 Å². The average Bonchev–Trinajstić information content (AvgIpc) is 2.84. The van der Waals surface area contributed by atoms with Crippen molar-refractivity contribution < 1.29 is 23.1 Å². The minimum absolute atomic E-state index is 0. The van der Waals surface area contributed by atoms with Gasteiger partial charge in [-0.2, -0.15) is 13.2 Å². The Morgan fingerprint density at radius 2 is 2.11 bits per heavy atom. The molecule has 0 bridgehead atoms. The highest BCUT2D eigenvalue weighted by molar-refractivity contribution is 5.85. The van der Waals surface area contributed by atoms with Gasteiger partial charge in [-0.05, 0) is 19.4 Å². The molecule has 0 aliphatic carbocycles. The van der Waals surface area contributed by atoms with Gasteiger partial charge in [0.15, 0.2) is 5.60 Å². The Bertz CT molecular complexity index is 321. The molecule has 2 aliphatic heterocycles. The largest absolute Gasteiger partial charge is 0.419 e. The highest BCUT2D eigenvalue weighted by atomic mass is 35.5. The number of β-amino-alcohol motifs (C(OH)–C–C–N with tert-alkyl or cyclic N) is 1. The van der Waals surface area contributed by atoms with E-state index in [2.05, 4.69) is 5.32 Å². The zero-order valence-electron chi connectivity index (χ0n) is 9.66.